The number of carbonyl (C=O) groups excluding carboxylic acids is 5. The molecule has 22 heteroatoms. The van der Waals surface area contributed by atoms with E-state index in [0.29, 0.717) is 48.1 Å². The number of carbonyl (C=O) groups is 6. The van der Waals surface area contributed by atoms with Crippen molar-refractivity contribution in [3.8, 4) is 0 Å². The molecule has 368 valence electrons. The number of thiophene rings is 1. The number of nitrogens with zero attached hydrogens (tertiary/aromatic N) is 4. The van der Waals surface area contributed by atoms with Crippen LogP contribution in [0.5, 0.6) is 0 Å². The van der Waals surface area contributed by atoms with E-state index in [2.05, 4.69) is 10.6 Å². The average molecular weight is 987 g/mol. The Bertz CT molecular complexity index is 2730. The summed E-state index contributed by atoms with van der Waals surface area (Å²) in [6.45, 7) is 7.90. The van der Waals surface area contributed by atoms with E-state index in [1.807, 2.05) is 18.2 Å². The van der Waals surface area contributed by atoms with Crippen molar-refractivity contribution in [2.75, 3.05) is 39.5 Å². The molecular formula is C46H57F2N6O12PS. The summed E-state index contributed by atoms with van der Waals surface area (Å²) in [5, 5.41) is 15.7. The first-order valence-electron chi connectivity index (χ1n) is 22.7. The molecule has 0 spiro atoms. The minimum atomic E-state index is -4.89. The van der Waals surface area contributed by atoms with Crippen molar-refractivity contribution in [1.29, 1.82) is 0 Å². The van der Waals surface area contributed by atoms with Gasteiger partial charge in [0.15, 0.2) is 6.04 Å². The number of piperidine rings is 2. The molecule has 0 aliphatic carbocycles. The zero-order valence-corrected chi connectivity index (χ0v) is 40.5. The Morgan fingerprint density at radius 3 is 2.26 bits per heavy atom. The molecule has 3 saturated heterocycles. The number of hydrogen-bond donors (Lipinski definition) is 3. The molecule has 3 N–H and O–H groups in total. The Morgan fingerprint density at radius 1 is 0.941 bits per heavy atom. The fourth-order valence-electron chi connectivity index (χ4n) is 9.29. The van der Waals surface area contributed by atoms with Gasteiger partial charge in [-0.1, -0.05) is 32.9 Å². The van der Waals surface area contributed by atoms with E-state index in [4.69, 9.17) is 13.8 Å². The Labute approximate surface area is 394 Å². The fraction of sp³-hybridized carbons (Fsp3) is 0.543. The first kappa shape index (κ1) is 50.5. The summed E-state index contributed by atoms with van der Waals surface area (Å²) in [4.78, 5) is 94.5. The lowest BCUT2D eigenvalue weighted by atomic mass is 9.85. The summed E-state index contributed by atoms with van der Waals surface area (Å²) in [5.41, 5.74) is -3.63. The highest BCUT2D eigenvalue weighted by Gasteiger charge is 2.55. The molecule has 2 aromatic heterocycles. The molecule has 4 aromatic rings. The van der Waals surface area contributed by atoms with Gasteiger partial charge in [-0.15, -0.1) is 11.3 Å². The normalized spacial score (nSPS) is 20.3. The number of carboxylic acid groups (broad SMARTS) is 1. The number of rotatable bonds is 16. The number of alkyl halides is 2. The van der Waals surface area contributed by atoms with Crippen LogP contribution in [0.1, 0.15) is 93.6 Å². The molecular weight excluding hydrogens is 930 g/mol. The van der Waals surface area contributed by atoms with E-state index >= 15 is 8.78 Å². The van der Waals surface area contributed by atoms with Gasteiger partial charge in [-0.05, 0) is 98.6 Å². The highest BCUT2D eigenvalue weighted by molar-refractivity contribution is 7.54. The summed E-state index contributed by atoms with van der Waals surface area (Å²) in [6.07, 6.45) is 1.56. The van der Waals surface area contributed by atoms with Gasteiger partial charge in [0.2, 0.25) is 23.6 Å². The highest BCUT2D eigenvalue weighted by atomic mass is 32.1. The minimum absolute atomic E-state index is 0.0165. The van der Waals surface area contributed by atoms with Crippen LogP contribution >= 0.6 is 18.9 Å². The molecule has 68 heavy (non-hydrogen) atoms. The number of halogens is 2. The molecule has 5 heterocycles. The summed E-state index contributed by atoms with van der Waals surface area (Å²) >= 11 is 0.990. The van der Waals surface area contributed by atoms with Gasteiger partial charge in [0.25, 0.3) is 5.91 Å². The van der Waals surface area contributed by atoms with E-state index in [0.717, 1.165) is 33.9 Å². The number of aryl methyl sites for hydroxylation is 1. The standard InChI is InChI=1S/C46H57F2N6O12PS/c1-7-65-67(63,66-8-2)46(47,48)29-10-13-34-28(23-29)24-35(68-34)41(58)50-39(45(3,4)5)42(59)53-20-17-33(38(53)43(60)61)64-25-37(56)52-18-15-26(16-19-52)21-27-9-11-30-32(22-27)51(6)44(62)54(30)31-12-14-36(55)49-40(31)57/h9-11,13,22-24,26,31,33,38-39H,7-8,12,14-21,25H2,1-6H3,(H,50,58)(H,60,61)(H,49,55,57)/t31?,33-,38+,39-/m1/s1. The zero-order valence-electron chi connectivity index (χ0n) is 38.8. The summed E-state index contributed by atoms with van der Waals surface area (Å²) < 4.78 is 63.3. The first-order valence-corrected chi connectivity index (χ1v) is 25.0. The number of fused-ring (bicyclic) bond motifs is 2. The minimum Gasteiger partial charge on any atom is -0.480 e. The van der Waals surface area contributed by atoms with Crippen molar-refractivity contribution in [2.45, 2.75) is 103 Å². The van der Waals surface area contributed by atoms with Crippen LogP contribution < -0.4 is 16.3 Å². The number of imidazole rings is 1. The van der Waals surface area contributed by atoms with Crippen LogP contribution in [0.15, 0.2) is 47.3 Å². The van der Waals surface area contributed by atoms with Crippen molar-refractivity contribution >= 4 is 75.6 Å². The maximum absolute atomic E-state index is 15.6. The first-order chi connectivity index (χ1) is 32.1. The molecule has 0 saturated carbocycles. The maximum atomic E-state index is 15.6. The van der Waals surface area contributed by atoms with Gasteiger partial charge in [-0.3, -0.25) is 43.0 Å². The topological polar surface area (TPSA) is 225 Å². The largest absolute Gasteiger partial charge is 0.480 e. The second kappa shape index (κ2) is 19.9. The van der Waals surface area contributed by atoms with Crippen molar-refractivity contribution in [3.05, 3.63) is 69.0 Å². The van der Waals surface area contributed by atoms with Crippen molar-refractivity contribution in [1.82, 2.24) is 29.6 Å². The van der Waals surface area contributed by atoms with Crippen molar-refractivity contribution < 1.29 is 61.0 Å². The second-order valence-electron chi connectivity index (χ2n) is 18.5. The Kier molecular flexibility index (Phi) is 14.8. The van der Waals surface area contributed by atoms with Gasteiger partial charge in [0.05, 0.1) is 35.2 Å². The van der Waals surface area contributed by atoms with E-state index in [-0.39, 0.29) is 72.7 Å². The van der Waals surface area contributed by atoms with Gasteiger partial charge in [0.1, 0.15) is 18.7 Å². The van der Waals surface area contributed by atoms with E-state index in [1.54, 1.807) is 32.7 Å². The molecule has 18 nitrogen and oxygen atoms in total. The van der Waals surface area contributed by atoms with Crippen LogP contribution in [0.2, 0.25) is 0 Å². The number of hydrogen-bond acceptors (Lipinski definition) is 12. The third-order valence-electron chi connectivity index (χ3n) is 12.9. The third kappa shape index (κ3) is 10.0. The number of aromatic nitrogens is 2. The number of amides is 5. The molecule has 1 unspecified atom stereocenters. The van der Waals surface area contributed by atoms with E-state index in [9.17, 15) is 43.2 Å². The lowest BCUT2D eigenvalue weighted by molar-refractivity contribution is -0.156. The predicted molar refractivity (Wildman–Crippen MR) is 246 cm³/mol. The number of benzene rings is 2. The molecule has 3 aliphatic rings. The van der Waals surface area contributed by atoms with Gasteiger partial charge in [-0.25, -0.2) is 9.59 Å². The monoisotopic (exact) mass is 986 g/mol. The number of ether oxygens (including phenoxy) is 1. The van der Waals surface area contributed by atoms with Gasteiger partial charge >= 0.3 is 24.9 Å². The van der Waals surface area contributed by atoms with Gasteiger partial charge < -0.3 is 34.0 Å². The fourth-order valence-corrected chi connectivity index (χ4v) is 11.8. The van der Waals surface area contributed by atoms with Crippen LogP contribution in [-0.2, 0) is 61.5 Å². The lowest BCUT2D eigenvalue weighted by Crippen LogP contribution is -2.57. The van der Waals surface area contributed by atoms with Gasteiger partial charge in [-0.2, -0.15) is 8.78 Å². The van der Waals surface area contributed by atoms with E-state index in [1.165, 1.54) is 35.1 Å². The Morgan fingerprint density at radius 2 is 1.63 bits per heavy atom. The summed E-state index contributed by atoms with van der Waals surface area (Å²) in [6, 6.07) is 7.17. The number of aliphatic carboxylic acids is 1. The number of nitrogens with one attached hydrogen (secondary N) is 2. The van der Waals surface area contributed by atoms with Crippen LogP contribution in [-0.4, -0.2) is 117 Å². The average Bonchev–Trinajstić information content (AvgIpc) is 3.98. The summed E-state index contributed by atoms with van der Waals surface area (Å²) in [5.74, 6) is -3.65. The smallest absolute Gasteiger partial charge is 0.404 e. The van der Waals surface area contributed by atoms with Crippen LogP contribution in [0.4, 0.5) is 8.78 Å². The van der Waals surface area contributed by atoms with Crippen molar-refractivity contribution in [3.63, 3.8) is 0 Å². The number of imide groups is 1. The molecule has 0 bridgehead atoms. The Hall–Kier alpha value is -5.34. The number of carboxylic acids is 1. The molecule has 0 radical (unpaired) electrons. The van der Waals surface area contributed by atoms with Crippen LogP contribution in [0.3, 0.4) is 0 Å². The van der Waals surface area contributed by atoms with Gasteiger partial charge in [0, 0.05) is 43.4 Å². The molecule has 7 rings (SSSR count). The maximum Gasteiger partial charge on any atom is 0.404 e. The van der Waals surface area contributed by atoms with Crippen LogP contribution in [0.25, 0.3) is 21.1 Å². The highest BCUT2D eigenvalue weighted by Crippen LogP contribution is 2.67. The summed E-state index contributed by atoms with van der Waals surface area (Å²) in [7, 11) is -3.25. The lowest BCUT2D eigenvalue weighted by Gasteiger charge is -2.35. The number of likely N-dealkylation sites (tertiary alicyclic amines) is 2. The Balaban J connectivity index is 0.946. The van der Waals surface area contributed by atoms with Crippen LogP contribution in [0, 0.1) is 11.3 Å². The molecule has 5 amide bonds. The SMILES string of the molecule is CCOP(=O)(OCC)C(F)(F)c1ccc2sc(C(=O)N[C@H](C(=O)N3CC[C@@H](OCC(=O)N4CCC(Cc5ccc6c(c5)n(C)c(=O)n6C5CCC(=O)NC5=O)CC4)[C@H]3C(=O)O)C(C)(C)C)cc2c1. The molecule has 2 aromatic carbocycles. The molecule has 3 aliphatic heterocycles. The van der Waals surface area contributed by atoms with Crippen molar-refractivity contribution in [2.24, 2.45) is 18.4 Å². The molecule has 3 fully saturated rings. The zero-order chi connectivity index (χ0) is 49.5. The third-order valence-corrected chi connectivity index (χ3v) is 16.1. The predicted octanol–water partition coefficient (Wildman–Crippen LogP) is 5.54. The molecule has 4 atom stereocenters. The second-order valence-corrected chi connectivity index (χ2v) is 21.6. The quantitative estimate of drug-likeness (QED) is 0.0930. The van der Waals surface area contributed by atoms with E-state index < -0.39 is 78.8 Å².